The highest BCUT2D eigenvalue weighted by atomic mass is 16.6. The first-order valence-electron chi connectivity index (χ1n) is 5.59. The molecule has 92 valence electrons. The number of hydrogen-bond donors (Lipinski definition) is 0. The maximum Gasteiger partial charge on any atom is 0.306 e. The average Bonchev–Trinajstić information content (AvgIpc) is 2.36. The van der Waals surface area contributed by atoms with Crippen molar-refractivity contribution in [3.05, 3.63) is 35.9 Å². The SMILES string of the molecule is CCOC(=O)CCC(=NOC)c1ccccc1. The van der Waals surface area contributed by atoms with Gasteiger partial charge in [-0.3, -0.25) is 4.79 Å². The van der Waals surface area contributed by atoms with E-state index in [1.54, 1.807) is 6.92 Å². The Morgan fingerprint density at radius 2 is 1.94 bits per heavy atom. The largest absolute Gasteiger partial charge is 0.466 e. The van der Waals surface area contributed by atoms with Gasteiger partial charge in [0, 0.05) is 6.42 Å². The van der Waals surface area contributed by atoms with E-state index in [0.717, 1.165) is 11.3 Å². The van der Waals surface area contributed by atoms with Crippen LogP contribution in [0.1, 0.15) is 25.3 Å². The van der Waals surface area contributed by atoms with Gasteiger partial charge in [0.1, 0.15) is 7.11 Å². The highest BCUT2D eigenvalue weighted by Gasteiger charge is 2.08. The maximum atomic E-state index is 11.3. The molecule has 1 aromatic carbocycles. The number of ether oxygens (including phenoxy) is 1. The number of hydrogen-bond acceptors (Lipinski definition) is 4. The van der Waals surface area contributed by atoms with Gasteiger partial charge in [-0.05, 0) is 12.5 Å². The van der Waals surface area contributed by atoms with Gasteiger partial charge in [-0.2, -0.15) is 0 Å². The minimum absolute atomic E-state index is 0.216. The smallest absolute Gasteiger partial charge is 0.306 e. The van der Waals surface area contributed by atoms with Crippen molar-refractivity contribution in [3.8, 4) is 0 Å². The molecular weight excluding hydrogens is 218 g/mol. The molecule has 0 amide bonds. The van der Waals surface area contributed by atoms with Crippen LogP contribution >= 0.6 is 0 Å². The van der Waals surface area contributed by atoms with Crippen molar-refractivity contribution in [2.75, 3.05) is 13.7 Å². The third-order valence-corrected chi connectivity index (χ3v) is 2.18. The Kier molecular flexibility index (Phi) is 5.79. The van der Waals surface area contributed by atoms with Gasteiger partial charge in [-0.1, -0.05) is 35.5 Å². The Morgan fingerprint density at radius 3 is 2.53 bits per heavy atom. The van der Waals surface area contributed by atoms with E-state index in [1.165, 1.54) is 7.11 Å². The van der Waals surface area contributed by atoms with E-state index in [4.69, 9.17) is 9.57 Å². The van der Waals surface area contributed by atoms with Crippen LogP contribution in [-0.4, -0.2) is 25.4 Å². The molecule has 4 nitrogen and oxygen atoms in total. The van der Waals surface area contributed by atoms with Gasteiger partial charge in [0.05, 0.1) is 18.7 Å². The molecule has 1 rings (SSSR count). The molecule has 0 N–H and O–H groups in total. The second kappa shape index (κ2) is 7.44. The summed E-state index contributed by atoms with van der Waals surface area (Å²) in [6.45, 7) is 2.19. The van der Waals surface area contributed by atoms with Crippen LogP contribution in [0, 0.1) is 0 Å². The predicted octanol–water partition coefficient (Wildman–Crippen LogP) is 2.38. The second-order valence-corrected chi connectivity index (χ2v) is 3.39. The van der Waals surface area contributed by atoms with Crippen LogP contribution in [0.25, 0.3) is 0 Å². The third-order valence-electron chi connectivity index (χ3n) is 2.18. The van der Waals surface area contributed by atoms with E-state index < -0.39 is 0 Å². The summed E-state index contributed by atoms with van der Waals surface area (Å²) in [5.41, 5.74) is 1.71. The van der Waals surface area contributed by atoms with Crippen LogP contribution in [0.15, 0.2) is 35.5 Å². The van der Waals surface area contributed by atoms with E-state index in [0.29, 0.717) is 19.4 Å². The fourth-order valence-electron chi connectivity index (χ4n) is 1.44. The third kappa shape index (κ3) is 4.68. The van der Waals surface area contributed by atoms with Crippen molar-refractivity contribution in [1.29, 1.82) is 0 Å². The molecule has 0 aromatic heterocycles. The number of carbonyl (C=O) groups excluding carboxylic acids is 1. The fourth-order valence-corrected chi connectivity index (χ4v) is 1.44. The minimum atomic E-state index is -0.216. The molecule has 0 spiro atoms. The first-order valence-corrected chi connectivity index (χ1v) is 5.59. The molecule has 0 fully saturated rings. The summed E-state index contributed by atoms with van der Waals surface area (Å²) >= 11 is 0. The second-order valence-electron chi connectivity index (χ2n) is 3.39. The number of esters is 1. The summed E-state index contributed by atoms with van der Waals surface area (Å²) in [5.74, 6) is -0.216. The zero-order chi connectivity index (χ0) is 12.5. The Hall–Kier alpha value is -1.84. The van der Waals surface area contributed by atoms with Gasteiger partial charge in [0.2, 0.25) is 0 Å². The molecule has 17 heavy (non-hydrogen) atoms. The molecule has 0 saturated carbocycles. The van der Waals surface area contributed by atoms with Gasteiger partial charge in [-0.25, -0.2) is 0 Å². The molecule has 4 heteroatoms. The lowest BCUT2D eigenvalue weighted by Crippen LogP contribution is -2.09. The molecule has 0 heterocycles. The summed E-state index contributed by atoms with van der Waals surface area (Å²) in [4.78, 5) is 16.1. The normalized spacial score (nSPS) is 11.1. The van der Waals surface area contributed by atoms with E-state index in [1.807, 2.05) is 30.3 Å². The van der Waals surface area contributed by atoms with Gasteiger partial charge >= 0.3 is 5.97 Å². The minimum Gasteiger partial charge on any atom is -0.466 e. The molecule has 0 unspecified atom stereocenters. The van der Waals surface area contributed by atoms with Crippen LogP contribution in [0.5, 0.6) is 0 Å². The van der Waals surface area contributed by atoms with Crippen LogP contribution in [0.4, 0.5) is 0 Å². The van der Waals surface area contributed by atoms with Crippen molar-refractivity contribution >= 4 is 11.7 Å². The van der Waals surface area contributed by atoms with E-state index in [-0.39, 0.29) is 5.97 Å². The Labute approximate surface area is 101 Å². The monoisotopic (exact) mass is 235 g/mol. The Balaban J connectivity index is 2.63. The number of benzene rings is 1. The molecule has 0 saturated heterocycles. The first-order chi connectivity index (χ1) is 8.27. The molecule has 0 radical (unpaired) electrons. The Morgan fingerprint density at radius 1 is 1.24 bits per heavy atom. The highest BCUT2D eigenvalue weighted by molar-refractivity contribution is 6.01. The number of oxime groups is 1. The fraction of sp³-hybridized carbons (Fsp3) is 0.385. The van der Waals surface area contributed by atoms with Crippen LogP contribution < -0.4 is 0 Å². The highest BCUT2D eigenvalue weighted by Crippen LogP contribution is 2.07. The van der Waals surface area contributed by atoms with Crippen LogP contribution in [-0.2, 0) is 14.4 Å². The van der Waals surface area contributed by atoms with E-state index >= 15 is 0 Å². The van der Waals surface area contributed by atoms with Crippen molar-refractivity contribution in [3.63, 3.8) is 0 Å². The van der Waals surface area contributed by atoms with Gasteiger partial charge in [0.25, 0.3) is 0 Å². The summed E-state index contributed by atoms with van der Waals surface area (Å²) in [7, 11) is 1.49. The summed E-state index contributed by atoms with van der Waals surface area (Å²) in [6.07, 6.45) is 0.821. The Bertz CT molecular complexity index is 374. The lowest BCUT2D eigenvalue weighted by Gasteiger charge is -2.05. The number of rotatable bonds is 6. The lowest BCUT2D eigenvalue weighted by atomic mass is 10.1. The summed E-state index contributed by atoms with van der Waals surface area (Å²) < 4.78 is 4.87. The van der Waals surface area contributed by atoms with Gasteiger partial charge in [0.15, 0.2) is 0 Å². The summed E-state index contributed by atoms with van der Waals surface area (Å²) in [6, 6.07) is 9.64. The lowest BCUT2D eigenvalue weighted by molar-refractivity contribution is -0.142. The van der Waals surface area contributed by atoms with Crippen LogP contribution in [0.2, 0.25) is 0 Å². The van der Waals surface area contributed by atoms with Gasteiger partial charge < -0.3 is 9.57 Å². The first kappa shape index (κ1) is 13.2. The molecule has 0 aliphatic rings. The molecule has 0 aliphatic heterocycles. The maximum absolute atomic E-state index is 11.3. The van der Waals surface area contributed by atoms with Crippen LogP contribution in [0.3, 0.4) is 0 Å². The zero-order valence-electron chi connectivity index (χ0n) is 10.2. The molecular formula is C13H17NO3. The molecule has 0 bridgehead atoms. The molecule has 0 atom stereocenters. The zero-order valence-corrected chi connectivity index (χ0v) is 10.2. The van der Waals surface area contributed by atoms with Crippen molar-refractivity contribution in [2.24, 2.45) is 5.16 Å². The molecule has 0 aliphatic carbocycles. The summed E-state index contributed by atoms with van der Waals surface area (Å²) in [5, 5.41) is 3.94. The quantitative estimate of drug-likeness (QED) is 0.432. The average molecular weight is 235 g/mol. The molecule has 1 aromatic rings. The van der Waals surface area contributed by atoms with Crippen molar-refractivity contribution in [1.82, 2.24) is 0 Å². The predicted molar refractivity (Wildman–Crippen MR) is 65.9 cm³/mol. The van der Waals surface area contributed by atoms with Crippen molar-refractivity contribution < 1.29 is 14.4 Å². The van der Waals surface area contributed by atoms with Crippen molar-refractivity contribution in [2.45, 2.75) is 19.8 Å². The van der Waals surface area contributed by atoms with E-state index in [9.17, 15) is 4.79 Å². The van der Waals surface area contributed by atoms with Gasteiger partial charge in [-0.15, -0.1) is 0 Å². The standard InChI is InChI=1S/C13H17NO3/c1-3-17-13(15)10-9-12(14-16-2)11-7-5-4-6-8-11/h4-8H,3,9-10H2,1-2H3. The van der Waals surface area contributed by atoms with E-state index in [2.05, 4.69) is 5.16 Å². The number of carbonyl (C=O) groups is 1. The number of nitrogens with zero attached hydrogens (tertiary/aromatic N) is 1. The topological polar surface area (TPSA) is 47.9 Å².